The first-order valence-electron chi connectivity index (χ1n) is 7.78. The number of ether oxygens (including phenoxy) is 3. The van der Waals surface area contributed by atoms with Gasteiger partial charge < -0.3 is 24.4 Å². The molecule has 0 unspecified atom stereocenters. The Morgan fingerprint density at radius 3 is 2.83 bits per heavy atom. The van der Waals surface area contributed by atoms with Crippen LogP contribution in [0.1, 0.15) is 20.8 Å². The average molecular weight is 342 g/mol. The van der Waals surface area contributed by atoms with Crippen LogP contribution in [0.3, 0.4) is 0 Å². The number of hydrogen-bond donors (Lipinski definition) is 1. The van der Waals surface area contributed by atoms with Crippen LogP contribution in [-0.4, -0.2) is 60.5 Å². The molecule has 2 rings (SSSR count). The molecule has 1 fully saturated rings. The number of nitrogens with one attached hydrogen (secondary N) is 1. The van der Waals surface area contributed by atoms with E-state index in [1.165, 1.54) is 24.1 Å². The molecule has 134 valence electrons. The third-order valence-corrected chi connectivity index (χ3v) is 3.52. The molecule has 8 heteroatoms. The zero-order valence-corrected chi connectivity index (χ0v) is 14.0. The SMILES string of the molecule is C=C1NC(=O)C=CN1[C@@H]1O[C@H](COCC(C)=O)[C@@H](OC(C)C)[C@H]1F. The van der Waals surface area contributed by atoms with Crippen molar-refractivity contribution < 1.29 is 28.2 Å². The van der Waals surface area contributed by atoms with Gasteiger partial charge in [-0.1, -0.05) is 6.58 Å². The van der Waals surface area contributed by atoms with E-state index in [0.29, 0.717) is 0 Å². The molecule has 4 atom stereocenters. The van der Waals surface area contributed by atoms with E-state index >= 15 is 0 Å². The summed E-state index contributed by atoms with van der Waals surface area (Å²) in [4.78, 5) is 23.7. The summed E-state index contributed by atoms with van der Waals surface area (Å²) >= 11 is 0. The van der Waals surface area contributed by atoms with E-state index in [1.807, 2.05) is 0 Å². The smallest absolute Gasteiger partial charge is 0.250 e. The first-order chi connectivity index (χ1) is 11.3. The molecule has 2 aliphatic rings. The summed E-state index contributed by atoms with van der Waals surface area (Å²) in [5.41, 5.74) is 0. The van der Waals surface area contributed by atoms with Gasteiger partial charge in [0.1, 0.15) is 24.6 Å². The van der Waals surface area contributed by atoms with Crippen LogP contribution in [0.15, 0.2) is 24.7 Å². The largest absolute Gasteiger partial charge is 0.371 e. The van der Waals surface area contributed by atoms with Crippen LogP contribution in [0, 0.1) is 0 Å². The number of halogens is 1. The van der Waals surface area contributed by atoms with Crippen molar-refractivity contribution in [3.05, 3.63) is 24.7 Å². The van der Waals surface area contributed by atoms with E-state index in [2.05, 4.69) is 11.9 Å². The summed E-state index contributed by atoms with van der Waals surface area (Å²) in [6.45, 7) is 8.67. The topological polar surface area (TPSA) is 77.1 Å². The Labute approximate surface area is 140 Å². The predicted molar refractivity (Wildman–Crippen MR) is 83.3 cm³/mol. The molecule has 1 saturated heterocycles. The molecular formula is C16H23FN2O5. The van der Waals surface area contributed by atoms with Crippen molar-refractivity contribution in [3.8, 4) is 0 Å². The molecule has 24 heavy (non-hydrogen) atoms. The van der Waals surface area contributed by atoms with Gasteiger partial charge in [0.25, 0.3) is 5.91 Å². The van der Waals surface area contributed by atoms with Gasteiger partial charge in [-0.15, -0.1) is 0 Å². The van der Waals surface area contributed by atoms with E-state index < -0.39 is 24.6 Å². The number of carbonyl (C=O) groups excluding carboxylic acids is 2. The molecule has 1 N–H and O–H groups in total. The predicted octanol–water partition coefficient (Wildman–Crippen LogP) is 0.865. The monoisotopic (exact) mass is 342 g/mol. The highest BCUT2D eigenvalue weighted by Crippen LogP contribution is 2.32. The first kappa shape index (κ1) is 18.6. The lowest BCUT2D eigenvalue weighted by atomic mass is 10.1. The highest BCUT2D eigenvalue weighted by atomic mass is 19.1. The Hall–Kier alpha value is -1.77. The first-order valence-corrected chi connectivity index (χ1v) is 7.78. The van der Waals surface area contributed by atoms with Crippen molar-refractivity contribution in [2.45, 2.75) is 51.5 Å². The number of nitrogens with zero attached hydrogens (tertiary/aromatic N) is 1. The van der Waals surface area contributed by atoms with Gasteiger partial charge in [0.15, 0.2) is 18.2 Å². The van der Waals surface area contributed by atoms with Crippen LogP contribution in [-0.2, 0) is 23.8 Å². The molecular weight excluding hydrogens is 319 g/mol. The van der Waals surface area contributed by atoms with Gasteiger partial charge in [-0.25, -0.2) is 4.39 Å². The Bertz CT molecular complexity index is 537. The molecule has 1 amide bonds. The number of hydrogen-bond acceptors (Lipinski definition) is 6. The van der Waals surface area contributed by atoms with Crippen LogP contribution in [0.4, 0.5) is 4.39 Å². The summed E-state index contributed by atoms with van der Waals surface area (Å²) < 4.78 is 31.5. The maximum Gasteiger partial charge on any atom is 0.250 e. The van der Waals surface area contributed by atoms with Crippen LogP contribution in [0.25, 0.3) is 0 Å². The van der Waals surface area contributed by atoms with E-state index in [-0.39, 0.29) is 36.8 Å². The van der Waals surface area contributed by atoms with E-state index in [9.17, 15) is 14.0 Å². The van der Waals surface area contributed by atoms with Gasteiger partial charge in [0, 0.05) is 12.3 Å². The van der Waals surface area contributed by atoms with Crippen LogP contribution in [0.2, 0.25) is 0 Å². The number of amides is 1. The van der Waals surface area contributed by atoms with Crippen molar-refractivity contribution in [1.82, 2.24) is 10.2 Å². The molecule has 0 radical (unpaired) electrons. The molecule has 0 aliphatic carbocycles. The van der Waals surface area contributed by atoms with Gasteiger partial charge in [0.2, 0.25) is 0 Å². The third kappa shape index (κ3) is 4.40. The Balaban J connectivity index is 2.10. The number of rotatable bonds is 7. The molecule has 2 heterocycles. The molecule has 0 saturated carbocycles. The second kappa shape index (κ2) is 7.87. The Kier molecular flexibility index (Phi) is 6.09. The zero-order chi connectivity index (χ0) is 17.9. The fourth-order valence-corrected chi connectivity index (χ4v) is 2.57. The standard InChI is InChI=1S/C16H23FN2O5/c1-9(2)23-15-12(8-22-7-10(3)20)24-16(14(15)17)19-6-5-13(21)18-11(19)4/h5-6,9,12,14-16H,4,7-8H2,1-3H3,(H,18,21)/t12-,14-,15-,16-/m1/s1. The summed E-state index contributed by atoms with van der Waals surface area (Å²) in [7, 11) is 0. The number of carbonyl (C=O) groups is 2. The number of ketones is 1. The highest BCUT2D eigenvalue weighted by molar-refractivity contribution is 5.89. The zero-order valence-electron chi connectivity index (χ0n) is 14.0. The van der Waals surface area contributed by atoms with Crippen LogP contribution in [0.5, 0.6) is 0 Å². The quantitative estimate of drug-likeness (QED) is 0.740. The number of Topliss-reactive ketones (excluding diaryl/α,β-unsaturated/α-hetero) is 1. The second-order valence-electron chi connectivity index (χ2n) is 6.04. The number of alkyl halides is 1. The van der Waals surface area contributed by atoms with E-state index in [0.717, 1.165) is 0 Å². The summed E-state index contributed by atoms with van der Waals surface area (Å²) in [5, 5.41) is 2.50. The molecule has 0 aromatic carbocycles. The van der Waals surface area contributed by atoms with Crippen molar-refractivity contribution in [2.24, 2.45) is 0 Å². The van der Waals surface area contributed by atoms with Crippen LogP contribution < -0.4 is 5.32 Å². The fraction of sp³-hybridized carbons (Fsp3) is 0.625. The minimum absolute atomic E-state index is 0.0320. The van der Waals surface area contributed by atoms with Crippen molar-refractivity contribution in [1.29, 1.82) is 0 Å². The normalized spacial score (nSPS) is 30.1. The maximum absolute atomic E-state index is 14.9. The van der Waals surface area contributed by atoms with E-state index in [1.54, 1.807) is 13.8 Å². The lowest BCUT2D eigenvalue weighted by Crippen LogP contribution is -2.45. The van der Waals surface area contributed by atoms with Gasteiger partial charge in [-0.3, -0.25) is 9.59 Å². The van der Waals surface area contributed by atoms with Gasteiger partial charge >= 0.3 is 0 Å². The van der Waals surface area contributed by atoms with Gasteiger partial charge in [0.05, 0.1) is 12.7 Å². The van der Waals surface area contributed by atoms with Gasteiger partial charge in [-0.05, 0) is 20.8 Å². The Morgan fingerprint density at radius 1 is 1.54 bits per heavy atom. The minimum atomic E-state index is -1.48. The second-order valence-corrected chi connectivity index (χ2v) is 6.04. The molecule has 0 aromatic rings. The van der Waals surface area contributed by atoms with E-state index in [4.69, 9.17) is 14.2 Å². The summed E-state index contributed by atoms with van der Waals surface area (Å²) in [5.74, 6) is -0.234. The fourth-order valence-electron chi connectivity index (χ4n) is 2.57. The van der Waals surface area contributed by atoms with Crippen LogP contribution >= 0.6 is 0 Å². The summed E-state index contributed by atoms with van der Waals surface area (Å²) in [6.07, 6.45) is -1.51. The minimum Gasteiger partial charge on any atom is -0.371 e. The van der Waals surface area contributed by atoms with Crippen molar-refractivity contribution in [2.75, 3.05) is 13.2 Å². The third-order valence-electron chi connectivity index (χ3n) is 3.52. The Morgan fingerprint density at radius 2 is 2.25 bits per heavy atom. The lowest BCUT2D eigenvalue weighted by molar-refractivity contribution is -0.126. The van der Waals surface area contributed by atoms with Crippen molar-refractivity contribution >= 4 is 11.7 Å². The molecule has 7 nitrogen and oxygen atoms in total. The summed E-state index contributed by atoms with van der Waals surface area (Å²) in [6, 6.07) is 0. The average Bonchev–Trinajstić information content (AvgIpc) is 2.76. The molecule has 0 spiro atoms. The van der Waals surface area contributed by atoms with Crippen molar-refractivity contribution in [3.63, 3.8) is 0 Å². The lowest BCUT2D eigenvalue weighted by Gasteiger charge is -2.32. The molecule has 0 aromatic heterocycles. The highest BCUT2D eigenvalue weighted by Gasteiger charge is 2.49. The molecule has 0 bridgehead atoms. The molecule has 2 aliphatic heterocycles. The maximum atomic E-state index is 14.9. The van der Waals surface area contributed by atoms with Gasteiger partial charge in [-0.2, -0.15) is 0 Å².